The van der Waals surface area contributed by atoms with Crippen molar-refractivity contribution in [2.45, 2.75) is 33.2 Å². The molecular weight excluding hydrogens is 560 g/mol. The second-order valence-corrected chi connectivity index (χ2v) is 12.2. The Labute approximate surface area is 222 Å². The van der Waals surface area contributed by atoms with Crippen molar-refractivity contribution in [1.82, 2.24) is 23.8 Å². The molecule has 5 rings (SSSR count). The number of hydrogen-bond acceptors (Lipinski definition) is 6. The van der Waals surface area contributed by atoms with Crippen LogP contribution in [-0.4, -0.2) is 68.2 Å². The average molecular weight is 588 g/mol. The summed E-state index contributed by atoms with van der Waals surface area (Å²) in [6.07, 6.45) is 2.40. The minimum absolute atomic E-state index is 0.0335. The number of nitrogens with one attached hydrogen (secondary N) is 2. The normalized spacial score (nSPS) is 16.5. The second kappa shape index (κ2) is 9.58. The van der Waals surface area contributed by atoms with Gasteiger partial charge in [-0.15, -0.1) is 0 Å². The summed E-state index contributed by atoms with van der Waals surface area (Å²) in [5.41, 5.74) is 6.00. The van der Waals surface area contributed by atoms with Crippen LogP contribution >= 0.6 is 15.9 Å². The monoisotopic (exact) mass is 586 g/mol. The van der Waals surface area contributed by atoms with Crippen LogP contribution in [0.3, 0.4) is 0 Å². The number of H-pyrrole nitrogens is 1. The molecule has 1 fully saturated rings. The van der Waals surface area contributed by atoms with Gasteiger partial charge in [-0.25, -0.2) is 23.2 Å². The minimum Gasteiger partial charge on any atom is -0.478 e. The molecule has 0 saturated carbocycles. The van der Waals surface area contributed by atoms with E-state index in [0.29, 0.717) is 31.0 Å². The molecule has 1 aliphatic heterocycles. The Balaban J connectivity index is 1.48. The van der Waals surface area contributed by atoms with E-state index in [4.69, 9.17) is 4.98 Å². The fourth-order valence-corrected chi connectivity index (χ4v) is 6.41. The molecule has 0 aliphatic carbocycles. The predicted molar refractivity (Wildman–Crippen MR) is 146 cm³/mol. The van der Waals surface area contributed by atoms with Crippen molar-refractivity contribution in [3.63, 3.8) is 0 Å². The van der Waals surface area contributed by atoms with Crippen LogP contribution in [-0.2, 0) is 10.0 Å². The third-order valence-electron chi connectivity index (χ3n) is 6.79. The number of aryl methyl sites for hydroxylation is 1. The smallest absolute Gasteiger partial charge is 0.335 e. The van der Waals surface area contributed by atoms with Gasteiger partial charge in [0.25, 0.3) is 0 Å². The number of fused-ring (bicyclic) bond motifs is 1. The lowest BCUT2D eigenvalue weighted by Gasteiger charge is -2.17. The number of hydrogen-bond donors (Lipinski definition) is 3. The molecule has 0 unspecified atom stereocenters. The van der Waals surface area contributed by atoms with Crippen molar-refractivity contribution >= 4 is 48.8 Å². The van der Waals surface area contributed by atoms with E-state index in [2.05, 4.69) is 35.8 Å². The molecule has 10 nitrogen and oxygen atoms in total. The standard InChI is InChI=1S/C25H27BrN6O4S/c1-4-37(35,36)31-10-9-17(13-31)28-21-20(26)12-27-24-22(21)29-23(30-24)19-11-14(2)32(15(19)3)18-7-5-16(6-8-18)25(33)34/h5-8,11-12,17H,4,9-10,13H2,1-3H3,(H,33,34)(H2,27,28,29,30)/t17-/m0/s1. The number of carboxylic acid groups (broad SMARTS) is 1. The van der Waals surface area contributed by atoms with Gasteiger partial charge in [0, 0.05) is 48.0 Å². The molecule has 194 valence electrons. The zero-order chi connectivity index (χ0) is 26.5. The SMILES string of the molecule is CCS(=O)(=O)N1CC[C@H](Nc2c(Br)cnc3nc(-c4cc(C)n(-c5ccc(C(=O)O)cc5)c4C)[nH]c23)C1. The van der Waals surface area contributed by atoms with Crippen molar-refractivity contribution in [2.75, 3.05) is 24.2 Å². The molecule has 0 spiro atoms. The molecule has 3 N–H and O–H groups in total. The van der Waals surface area contributed by atoms with Gasteiger partial charge in [-0.3, -0.25) is 0 Å². The van der Waals surface area contributed by atoms with E-state index in [1.54, 1.807) is 37.4 Å². The number of aromatic amines is 1. The topological polar surface area (TPSA) is 133 Å². The maximum absolute atomic E-state index is 12.3. The molecule has 4 heterocycles. The van der Waals surface area contributed by atoms with Crippen LogP contribution in [0.2, 0.25) is 0 Å². The first-order chi connectivity index (χ1) is 17.6. The fraction of sp³-hybridized carbons (Fsp3) is 0.320. The number of halogens is 1. The number of benzene rings is 1. The molecule has 37 heavy (non-hydrogen) atoms. The van der Waals surface area contributed by atoms with Crippen molar-refractivity contribution in [3.05, 3.63) is 58.0 Å². The molecule has 0 bridgehead atoms. The predicted octanol–water partition coefficient (Wildman–Crippen LogP) is 4.33. The number of carbonyl (C=O) groups is 1. The van der Waals surface area contributed by atoms with E-state index in [-0.39, 0.29) is 17.4 Å². The number of rotatable bonds is 7. The van der Waals surface area contributed by atoms with Gasteiger partial charge in [0.15, 0.2) is 5.65 Å². The molecule has 1 atom stereocenters. The number of anilines is 1. The highest BCUT2D eigenvalue weighted by atomic mass is 79.9. The summed E-state index contributed by atoms with van der Waals surface area (Å²) in [4.78, 5) is 23.9. The Hall–Kier alpha value is -3.22. The third kappa shape index (κ3) is 4.64. The third-order valence-corrected chi connectivity index (χ3v) is 9.24. The molecule has 3 aromatic heterocycles. The first-order valence-electron chi connectivity index (χ1n) is 11.9. The molecule has 0 radical (unpaired) electrons. The summed E-state index contributed by atoms with van der Waals surface area (Å²) in [6, 6.07) is 8.75. The molecular formula is C25H27BrN6O4S. The van der Waals surface area contributed by atoms with Crippen LogP contribution in [0.4, 0.5) is 5.69 Å². The maximum atomic E-state index is 12.3. The first-order valence-corrected chi connectivity index (χ1v) is 14.3. The number of nitrogens with zero attached hydrogens (tertiary/aromatic N) is 4. The van der Waals surface area contributed by atoms with Crippen LogP contribution in [0.25, 0.3) is 28.2 Å². The fourth-order valence-electron chi connectivity index (χ4n) is 4.84. The lowest BCUT2D eigenvalue weighted by molar-refractivity contribution is 0.0697. The van der Waals surface area contributed by atoms with Crippen LogP contribution < -0.4 is 5.32 Å². The largest absolute Gasteiger partial charge is 0.478 e. The zero-order valence-corrected chi connectivity index (χ0v) is 23.0. The summed E-state index contributed by atoms with van der Waals surface area (Å²) in [7, 11) is -3.23. The van der Waals surface area contributed by atoms with Crippen LogP contribution in [0, 0.1) is 13.8 Å². The van der Waals surface area contributed by atoms with Crippen molar-refractivity contribution in [2.24, 2.45) is 0 Å². The Bertz CT molecular complexity index is 1610. The Morgan fingerprint density at radius 3 is 2.68 bits per heavy atom. The number of sulfonamides is 1. The number of aromatic carboxylic acids is 1. The Kier molecular flexibility index (Phi) is 6.59. The molecule has 0 amide bonds. The lowest BCUT2D eigenvalue weighted by atomic mass is 10.2. The number of imidazole rings is 1. The van der Waals surface area contributed by atoms with E-state index in [9.17, 15) is 18.3 Å². The molecule has 1 aromatic carbocycles. The van der Waals surface area contributed by atoms with E-state index in [1.807, 2.05) is 19.9 Å². The highest BCUT2D eigenvalue weighted by Crippen LogP contribution is 2.34. The number of pyridine rings is 1. The van der Waals surface area contributed by atoms with E-state index in [0.717, 1.165) is 38.3 Å². The second-order valence-electron chi connectivity index (χ2n) is 9.13. The molecule has 4 aromatic rings. The molecule has 1 saturated heterocycles. The van der Waals surface area contributed by atoms with Crippen LogP contribution in [0.1, 0.15) is 35.1 Å². The first kappa shape index (κ1) is 25.4. The Morgan fingerprint density at radius 2 is 2.00 bits per heavy atom. The highest BCUT2D eigenvalue weighted by molar-refractivity contribution is 9.10. The Morgan fingerprint density at radius 1 is 1.27 bits per heavy atom. The summed E-state index contributed by atoms with van der Waals surface area (Å²) < 4.78 is 28.9. The van der Waals surface area contributed by atoms with Crippen LogP contribution in [0.15, 0.2) is 41.0 Å². The van der Waals surface area contributed by atoms with Crippen molar-refractivity contribution in [3.8, 4) is 17.1 Å². The van der Waals surface area contributed by atoms with Gasteiger partial charge in [0.2, 0.25) is 10.0 Å². The summed E-state index contributed by atoms with van der Waals surface area (Å²) in [5, 5.41) is 12.7. The maximum Gasteiger partial charge on any atom is 0.335 e. The minimum atomic E-state index is -3.23. The van der Waals surface area contributed by atoms with Crippen LogP contribution in [0.5, 0.6) is 0 Å². The number of aromatic nitrogens is 4. The van der Waals surface area contributed by atoms with Crippen molar-refractivity contribution < 1.29 is 18.3 Å². The number of carboxylic acids is 1. The van der Waals surface area contributed by atoms with E-state index < -0.39 is 16.0 Å². The van der Waals surface area contributed by atoms with Gasteiger partial charge in [0.1, 0.15) is 11.3 Å². The van der Waals surface area contributed by atoms with Gasteiger partial charge >= 0.3 is 5.97 Å². The van der Waals surface area contributed by atoms with Gasteiger partial charge in [-0.1, -0.05) is 0 Å². The van der Waals surface area contributed by atoms with Gasteiger partial charge in [0.05, 0.1) is 21.5 Å². The zero-order valence-electron chi connectivity index (χ0n) is 20.6. The summed E-state index contributed by atoms with van der Waals surface area (Å²) >= 11 is 3.58. The van der Waals surface area contributed by atoms with E-state index >= 15 is 0 Å². The van der Waals surface area contributed by atoms with Gasteiger partial charge < -0.3 is 20.0 Å². The van der Waals surface area contributed by atoms with Gasteiger partial charge in [-0.2, -0.15) is 4.31 Å². The van der Waals surface area contributed by atoms with Crippen molar-refractivity contribution in [1.29, 1.82) is 0 Å². The molecule has 12 heteroatoms. The van der Waals surface area contributed by atoms with Gasteiger partial charge in [-0.05, 0) is 73.5 Å². The lowest BCUT2D eigenvalue weighted by Crippen LogP contribution is -2.32. The summed E-state index contributed by atoms with van der Waals surface area (Å²) in [5.74, 6) is -0.211. The highest BCUT2D eigenvalue weighted by Gasteiger charge is 2.31. The average Bonchev–Trinajstić information content (AvgIpc) is 3.58. The summed E-state index contributed by atoms with van der Waals surface area (Å²) in [6.45, 7) is 6.54. The quantitative estimate of drug-likeness (QED) is 0.293. The molecule has 1 aliphatic rings. The van der Waals surface area contributed by atoms with E-state index in [1.165, 1.54) is 4.31 Å².